The molecule has 1 aromatic heterocycles. The number of nitrogens with zero attached hydrogens (tertiary/aromatic N) is 1. The molecule has 3 aromatic rings. The van der Waals surface area contributed by atoms with Gasteiger partial charge in [-0.1, -0.05) is 11.6 Å². The van der Waals surface area contributed by atoms with Crippen molar-refractivity contribution < 1.29 is 4.74 Å². The van der Waals surface area contributed by atoms with Crippen molar-refractivity contribution in [3.8, 4) is 5.75 Å². The Morgan fingerprint density at radius 3 is 2.24 bits per heavy atom. The van der Waals surface area contributed by atoms with Crippen molar-refractivity contribution >= 4 is 33.9 Å². The number of fused-ring (bicyclic) bond motifs is 1. The van der Waals surface area contributed by atoms with Gasteiger partial charge in [0, 0.05) is 40.1 Å². The van der Waals surface area contributed by atoms with Gasteiger partial charge in [-0.05, 0) is 87.1 Å². The zero-order valence-electron chi connectivity index (χ0n) is 17.3. The molecule has 4 nitrogen and oxygen atoms in total. The fraction of sp³-hybridized carbons (Fsp3) is 0.375. The van der Waals surface area contributed by atoms with Gasteiger partial charge in [0.1, 0.15) is 5.75 Å². The first-order chi connectivity index (χ1) is 14.0. The van der Waals surface area contributed by atoms with Gasteiger partial charge in [0.15, 0.2) is 0 Å². The number of nitrogens with one attached hydrogen (secondary N) is 2. The van der Waals surface area contributed by atoms with Gasteiger partial charge in [-0.25, -0.2) is 0 Å². The van der Waals surface area contributed by atoms with Gasteiger partial charge >= 0.3 is 0 Å². The van der Waals surface area contributed by atoms with Crippen LogP contribution in [0.1, 0.15) is 36.8 Å². The van der Waals surface area contributed by atoms with Crippen LogP contribution in [0.15, 0.2) is 42.6 Å². The summed E-state index contributed by atoms with van der Waals surface area (Å²) in [6.07, 6.45) is 6.43. The van der Waals surface area contributed by atoms with Crippen molar-refractivity contribution in [3.63, 3.8) is 0 Å². The standard InChI is InChI=1S/C24H28ClN3O/c1-15-12-20(13-16(2)24(15)29-3)27-18-5-7-19(8-6-18)28-22-10-11-26-23-14-17(25)4-9-21(22)23/h4,9-14,18-19,27H,5-8H2,1-3H3,(H,26,28). The predicted molar refractivity (Wildman–Crippen MR) is 123 cm³/mol. The smallest absolute Gasteiger partial charge is 0.124 e. The lowest BCUT2D eigenvalue weighted by molar-refractivity contribution is 0.408. The van der Waals surface area contributed by atoms with Crippen molar-refractivity contribution in [1.82, 2.24) is 4.98 Å². The van der Waals surface area contributed by atoms with Gasteiger partial charge in [-0.15, -0.1) is 0 Å². The highest BCUT2D eigenvalue weighted by molar-refractivity contribution is 6.31. The van der Waals surface area contributed by atoms with E-state index in [-0.39, 0.29) is 0 Å². The lowest BCUT2D eigenvalue weighted by Gasteiger charge is -2.31. The molecular formula is C24H28ClN3O. The molecule has 152 valence electrons. The Hall–Kier alpha value is -2.46. The zero-order valence-corrected chi connectivity index (χ0v) is 18.0. The summed E-state index contributed by atoms with van der Waals surface area (Å²) < 4.78 is 5.48. The van der Waals surface area contributed by atoms with E-state index in [9.17, 15) is 0 Å². The average Bonchev–Trinajstić information content (AvgIpc) is 2.69. The number of aryl methyl sites for hydroxylation is 2. The second-order valence-electron chi connectivity index (χ2n) is 8.00. The molecule has 1 heterocycles. The van der Waals surface area contributed by atoms with E-state index in [4.69, 9.17) is 16.3 Å². The maximum Gasteiger partial charge on any atom is 0.124 e. The highest BCUT2D eigenvalue weighted by Gasteiger charge is 2.22. The van der Waals surface area contributed by atoms with Crippen molar-refractivity contribution in [2.45, 2.75) is 51.6 Å². The van der Waals surface area contributed by atoms with E-state index < -0.39 is 0 Å². The van der Waals surface area contributed by atoms with E-state index in [0.717, 1.165) is 53.0 Å². The third-order valence-electron chi connectivity index (χ3n) is 5.83. The summed E-state index contributed by atoms with van der Waals surface area (Å²) in [7, 11) is 1.73. The molecule has 0 amide bonds. The molecule has 2 N–H and O–H groups in total. The largest absolute Gasteiger partial charge is 0.496 e. The van der Waals surface area contributed by atoms with Gasteiger partial charge < -0.3 is 15.4 Å². The van der Waals surface area contributed by atoms with Crippen molar-refractivity contribution in [3.05, 3.63) is 58.7 Å². The first-order valence-corrected chi connectivity index (χ1v) is 10.6. The Morgan fingerprint density at radius 2 is 1.59 bits per heavy atom. The molecule has 29 heavy (non-hydrogen) atoms. The highest BCUT2D eigenvalue weighted by atomic mass is 35.5. The van der Waals surface area contributed by atoms with Crippen LogP contribution in [0.4, 0.5) is 11.4 Å². The Kier molecular flexibility index (Phi) is 5.81. The van der Waals surface area contributed by atoms with E-state index in [1.165, 1.54) is 16.8 Å². The van der Waals surface area contributed by atoms with Crippen LogP contribution in [0.25, 0.3) is 10.9 Å². The summed E-state index contributed by atoms with van der Waals surface area (Å²) in [5.41, 5.74) is 5.62. The van der Waals surface area contributed by atoms with Crippen LogP contribution < -0.4 is 15.4 Å². The quantitative estimate of drug-likeness (QED) is 0.515. The molecule has 0 saturated heterocycles. The average molecular weight is 410 g/mol. The Bertz CT molecular complexity index is 989. The summed E-state index contributed by atoms with van der Waals surface area (Å²) in [5, 5.41) is 9.31. The van der Waals surface area contributed by atoms with Crippen LogP contribution in [0.3, 0.4) is 0 Å². The van der Waals surface area contributed by atoms with Crippen LogP contribution in [0.5, 0.6) is 5.75 Å². The van der Waals surface area contributed by atoms with Crippen molar-refractivity contribution in [2.75, 3.05) is 17.7 Å². The highest BCUT2D eigenvalue weighted by Crippen LogP contribution is 2.31. The summed E-state index contributed by atoms with van der Waals surface area (Å²) in [4.78, 5) is 4.44. The summed E-state index contributed by atoms with van der Waals surface area (Å²) in [6, 6.07) is 13.3. The molecule has 1 aliphatic carbocycles. The van der Waals surface area contributed by atoms with Crippen LogP contribution in [-0.4, -0.2) is 24.2 Å². The molecule has 5 heteroatoms. The maximum atomic E-state index is 6.11. The number of hydrogen-bond acceptors (Lipinski definition) is 4. The van der Waals surface area contributed by atoms with Crippen molar-refractivity contribution in [1.29, 1.82) is 0 Å². The first kappa shape index (κ1) is 19.8. The Morgan fingerprint density at radius 1 is 0.931 bits per heavy atom. The summed E-state index contributed by atoms with van der Waals surface area (Å²) in [5.74, 6) is 0.981. The van der Waals surface area contributed by atoms with Gasteiger partial charge in [0.2, 0.25) is 0 Å². The molecule has 0 bridgehead atoms. The lowest BCUT2D eigenvalue weighted by atomic mass is 9.90. The number of hydrogen-bond donors (Lipinski definition) is 2. The predicted octanol–water partition coefficient (Wildman–Crippen LogP) is 6.35. The van der Waals surface area contributed by atoms with Crippen molar-refractivity contribution in [2.24, 2.45) is 0 Å². The molecule has 0 unspecified atom stereocenters. The lowest BCUT2D eigenvalue weighted by Crippen LogP contribution is -2.32. The number of rotatable bonds is 5. The number of methoxy groups -OCH3 is 1. The molecule has 2 aromatic carbocycles. The normalized spacial score (nSPS) is 19.2. The monoisotopic (exact) mass is 409 g/mol. The number of ether oxygens (including phenoxy) is 1. The Balaban J connectivity index is 1.38. The molecule has 1 fully saturated rings. The van der Waals surface area contributed by atoms with E-state index in [0.29, 0.717) is 12.1 Å². The molecule has 0 aliphatic heterocycles. The SMILES string of the molecule is COc1c(C)cc(NC2CCC(Nc3ccnc4cc(Cl)ccc34)CC2)cc1C. The minimum absolute atomic E-state index is 0.480. The van der Waals surface area contributed by atoms with Crippen LogP contribution >= 0.6 is 11.6 Å². The summed E-state index contributed by atoms with van der Waals surface area (Å²) in [6.45, 7) is 4.20. The number of pyridine rings is 1. The van der Waals surface area contributed by atoms with Crippen LogP contribution in [0.2, 0.25) is 5.02 Å². The minimum atomic E-state index is 0.480. The number of anilines is 2. The fourth-order valence-corrected chi connectivity index (χ4v) is 4.61. The topological polar surface area (TPSA) is 46.2 Å². The van der Waals surface area contributed by atoms with E-state index in [1.54, 1.807) is 7.11 Å². The van der Waals surface area contributed by atoms with Crippen LogP contribution in [-0.2, 0) is 0 Å². The molecule has 0 radical (unpaired) electrons. The van der Waals surface area contributed by atoms with Gasteiger partial charge in [0.25, 0.3) is 0 Å². The summed E-state index contributed by atoms with van der Waals surface area (Å²) >= 11 is 6.11. The van der Waals surface area contributed by atoms with E-state index >= 15 is 0 Å². The number of halogens is 1. The molecule has 1 aliphatic rings. The van der Waals surface area contributed by atoms with Gasteiger partial charge in [0.05, 0.1) is 12.6 Å². The minimum Gasteiger partial charge on any atom is -0.496 e. The molecule has 0 atom stereocenters. The first-order valence-electron chi connectivity index (χ1n) is 10.3. The van der Waals surface area contributed by atoms with Crippen LogP contribution in [0, 0.1) is 13.8 Å². The third kappa shape index (κ3) is 4.43. The van der Waals surface area contributed by atoms with Gasteiger partial charge in [-0.2, -0.15) is 0 Å². The fourth-order valence-electron chi connectivity index (χ4n) is 4.44. The number of aromatic nitrogens is 1. The maximum absolute atomic E-state index is 6.11. The second kappa shape index (κ2) is 8.50. The Labute approximate surface area is 177 Å². The molecular weight excluding hydrogens is 382 g/mol. The van der Waals surface area contributed by atoms with E-state index in [2.05, 4.69) is 53.7 Å². The van der Waals surface area contributed by atoms with Gasteiger partial charge in [-0.3, -0.25) is 4.98 Å². The second-order valence-corrected chi connectivity index (χ2v) is 8.44. The molecule has 4 rings (SSSR count). The third-order valence-corrected chi connectivity index (χ3v) is 6.06. The molecule has 0 spiro atoms. The zero-order chi connectivity index (χ0) is 20.4. The number of benzene rings is 2. The molecule has 1 saturated carbocycles. The van der Waals surface area contributed by atoms with E-state index in [1.807, 2.05) is 18.3 Å².